The lowest BCUT2D eigenvalue weighted by Gasteiger charge is -2.06. The second kappa shape index (κ2) is 8.46. The zero-order valence-corrected chi connectivity index (χ0v) is 15.7. The quantitative estimate of drug-likeness (QED) is 0.348. The van der Waals surface area contributed by atoms with Crippen LogP contribution in [0.5, 0.6) is 0 Å². The summed E-state index contributed by atoms with van der Waals surface area (Å²) in [6, 6.07) is 25.6. The topological polar surface area (TPSA) is 50.2 Å². The van der Waals surface area contributed by atoms with Crippen molar-refractivity contribution in [3.8, 4) is 0 Å². The number of nitrogens with zero attached hydrogens (tertiary/aromatic N) is 3. The van der Waals surface area contributed by atoms with Crippen LogP contribution >= 0.6 is 11.6 Å². The van der Waals surface area contributed by atoms with E-state index < -0.39 is 0 Å². The van der Waals surface area contributed by atoms with Gasteiger partial charge in [0.2, 0.25) is 0 Å². The maximum absolute atomic E-state index is 6.04. The first-order chi connectivity index (χ1) is 13.8. The number of halogens is 1. The van der Waals surface area contributed by atoms with Crippen LogP contribution in [-0.2, 0) is 0 Å². The lowest BCUT2D eigenvalue weighted by Crippen LogP contribution is -2.03. The predicted molar refractivity (Wildman–Crippen MR) is 117 cm³/mol. The Labute approximate surface area is 168 Å². The van der Waals surface area contributed by atoms with E-state index in [0.717, 1.165) is 27.6 Å². The van der Waals surface area contributed by atoms with Crippen LogP contribution in [0.2, 0.25) is 5.02 Å². The number of rotatable bonds is 5. The van der Waals surface area contributed by atoms with Gasteiger partial charge in [-0.3, -0.25) is 5.43 Å². The fourth-order valence-electron chi connectivity index (χ4n) is 2.78. The summed E-state index contributed by atoms with van der Waals surface area (Å²) in [6.07, 6.45) is 5.72. The first-order valence-electron chi connectivity index (χ1n) is 8.83. The number of allylic oxidation sites excluding steroid dienone is 1. The second-order valence-corrected chi connectivity index (χ2v) is 6.58. The van der Waals surface area contributed by atoms with Gasteiger partial charge in [-0.05, 0) is 23.8 Å². The Morgan fingerprint density at radius 2 is 1.64 bits per heavy atom. The van der Waals surface area contributed by atoms with Crippen molar-refractivity contribution >= 4 is 40.0 Å². The van der Waals surface area contributed by atoms with Gasteiger partial charge in [0.25, 0.3) is 0 Å². The lowest BCUT2D eigenvalue weighted by atomic mass is 10.1. The van der Waals surface area contributed by atoms with E-state index in [4.69, 9.17) is 11.6 Å². The van der Waals surface area contributed by atoms with Crippen molar-refractivity contribution in [2.75, 3.05) is 5.43 Å². The van der Waals surface area contributed by atoms with Gasteiger partial charge in [0.05, 0.1) is 11.9 Å². The Morgan fingerprint density at radius 3 is 2.46 bits per heavy atom. The van der Waals surface area contributed by atoms with Gasteiger partial charge in [0.15, 0.2) is 5.82 Å². The SMILES string of the molecule is Clc1ccc(C(/C=C/c2ccccc2)=N/Nc2nncc3ccccc23)cc1. The van der Waals surface area contributed by atoms with E-state index in [2.05, 4.69) is 20.7 Å². The monoisotopic (exact) mass is 384 g/mol. The summed E-state index contributed by atoms with van der Waals surface area (Å²) in [6.45, 7) is 0. The highest BCUT2D eigenvalue weighted by atomic mass is 35.5. The third kappa shape index (κ3) is 4.24. The molecule has 1 N–H and O–H groups in total. The molecular formula is C23H17ClN4. The molecule has 0 aliphatic heterocycles. The van der Waals surface area contributed by atoms with E-state index >= 15 is 0 Å². The number of nitrogens with one attached hydrogen (secondary N) is 1. The minimum Gasteiger partial charge on any atom is -0.259 e. The average molecular weight is 385 g/mol. The number of benzene rings is 3. The van der Waals surface area contributed by atoms with Crippen LogP contribution in [-0.4, -0.2) is 15.9 Å². The Bertz CT molecular complexity index is 1130. The van der Waals surface area contributed by atoms with Gasteiger partial charge in [0, 0.05) is 21.4 Å². The first-order valence-corrected chi connectivity index (χ1v) is 9.20. The van der Waals surface area contributed by atoms with Crippen LogP contribution in [0.1, 0.15) is 11.1 Å². The van der Waals surface area contributed by atoms with E-state index in [1.165, 1.54) is 0 Å². The molecule has 0 fully saturated rings. The number of hydrogen-bond donors (Lipinski definition) is 1. The summed E-state index contributed by atoms with van der Waals surface area (Å²) < 4.78 is 0. The maximum Gasteiger partial charge on any atom is 0.176 e. The Morgan fingerprint density at radius 1 is 0.893 bits per heavy atom. The van der Waals surface area contributed by atoms with Gasteiger partial charge >= 0.3 is 0 Å². The van der Waals surface area contributed by atoms with E-state index in [0.29, 0.717) is 10.8 Å². The fourth-order valence-corrected chi connectivity index (χ4v) is 2.91. The molecule has 0 bridgehead atoms. The number of anilines is 1. The maximum atomic E-state index is 6.04. The highest BCUT2D eigenvalue weighted by molar-refractivity contribution is 6.30. The summed E-state index contributed by atoms with van der Waals surface area (Å²) in [7, 11) is 0. The van der Waals surface area contributed by atoms with Crippen molar-refractivity contribution in [3.63, 3.8) is 0 Å². The van der Waals surface area contributed by atoms with Gasteiger partial charge in [-0.2, -0.15) is 10.2 Å². The normalized spacial score (nSPS) is 11.8. The smallest absolute Gasteiger partial charge is 0.176 e. The Balaban J connectivity index is 1.69. The fraction of sp³-hybridized carbons (Fsp3) is 0. The van der Waals surface area contributed by atoms with Crippen LogP contribution in [0, 0.1) is 0 Å². The van der Waals surface area contributed by atoms with Crippen LogP contribution < -0.4 is 5.43 Å². The van der Waals surface area contributed by atoms with Gasteiger partial charge in [0.1, 0.15) is 0 Å². The van der Waals surface area contributed by atoms with Gasteiger partial charge in [-0.15, -0.1) is 5.10 Å². The van der Waals surface area contributed by atoms with E-state index in [1.54, 1.807) is 6.20 Å². The van der Waals surface area contributed by atoms with Gasteiger partial charge < -0.3 is 0 Å². The largest absolute Gasteiger partial charge is 0.259 e. The van der Waals surface area contributed by atoms with Gasteiger partial charge in [-0.1, -0.05) is 84.4 Å². The highest BCUT2D eigenvalue weighted by Crippen LogP contribution is 2.20. The number of hydrazone groups is 1. The molecule has 28 heavy (non-hydrogen) atoms. The molecule has 0 amide bonds. The summed E-state index contributed by atoms with van der Waals surface area (Å²) in [5.74, 6) is 0.609. The first kappa shape index (κ1) is 17.9. The van der Waals surface area contributed by atoms with Crippen LogP contribution in [0.25, 0.3) is 16.8 Å². The molecule has 1 heterocycles. The van der Waals surface area contributed by atoms with Crippen LogP contribution in [0.4, 0.5) is 5.82 Å². The van der Waals surface area contributed by atoms with Crippen molar-refractivity contribution in [2.45, 2.75) is 0 Å². The average Bonchev–Trinajstić information content (AvgIpc) is 2.75. The molecule has 0 aliphatic rings. The third-order valence-electron chi connectivity index (χ3n) is 4.23. The third-order valence-corrected chi connectivity index (χ3v) is 4.48. The number of fused-ring (bicyclic) bond motifs is 1. The molecule has 4 nitrogen and oxygen atoms in total. The Hall–Kier alpha value is -3.50. The molecule has 0 radical (unpaired) electrons. The molecule has 1 aromatic heterocycles. The van der Waals surface area contributed by atoms with E-state index in [9.17, 15) is 0 Å². The van der Waals surface area contributed by atoms with E-state index in [-0.39, 0.29) is 0 Å². The molecule has 0 spiro atoms. The van der Waals surface area contributed by atoms with Crippen LogP contribution in [0.3, 0.4) is 0 Å². The number of aromatic nitrogens is 2. The van der Waals surface area contributed by atoms with Gasteiger partial charge in [-0.25, -0.2) is 0 Å². The molecule has 0 aliphatic carbocycles. The summed E-state index contributed by atoms with van der Waals surface area (Å²) in [5, 5.41) is 15.5. The standard InChI is InChI=1S/C23H17ClN4/c24-20-13-11-18(12-14-20)22(15-10-17-6-2-1-3-7-17)26-28-23-21-9-5-4-8-19(21)16-25-27-23/h1-16H,(H,27,28)/b15-10+,26-22+. The highest BCUT2D eigenvalue weighted by Gasteiger charge is 2.04. The molecule has 4 rings (SSSR count). The minimum absolute atomic E-state index is 0.609. The molecule has 0 saturated heterocycles. The van der Waals surface area contributed by atoms with Crippen molar-refractivity contribution in [3.05, 3.63) is 107 Å². The molecule has 3 aromatic carbocycles. The minimum atomic E-state index is 0.609. The molecular weight excluding hydrogens is 368 g/mol. The molecule has 136 valence electrons. The Kier molecular flexibility index (Phi) is 5.41. The van der Waals surface area contributed by atoms with Crippen molar-refractivity contribution < 1.29 is 0 Å². The molecule has 0 unspecified atom stereocenters. The second-order valence-electron chi connectivity index (χ2n) is 6.14. The van der Waals surface area contributed by atoms with Crippen molar-refractivity contribution in [1.29, 1.82) is 0 Å². The molecule has 0 atom stereocenters. The van der Waals surface area contributed by atoms with Crippen molar-refractivity contribution in [2.24, 2.45) is 5.10 Å². The summed E-state index contributed by atoms with van der Waals surface area (Å²) >= 11 is 6.04. The van der Waals surface area contributed by atoms with Crippen molar-refractivity contribution in [1.82, 2.24) is 10.2 Å². The number of hydrogen-bond acceptors (Lipinski definition) is 4. The summed E-state index contributed by atoms with van der Waals surface area (Å²) in [5.41, 5.74) is 5.86. The zero-order valence-electron chi connectivity index (χ0n) is 15.0. The lowest BCUT2D eigenvalue weighted by molar-refractivity contribution is 1.04. The molecule has 0 saturated carbocycles. The summed E-state index contributed by atoms with van der Waals surface area (Å²) in [4.78, 5) is 0. The molecule has 4 aromatic rings. The van der Waals surface area contributed by atoms with Crippen LogP contribution in [0.15, 0.2) is 96.2 Å². The zero-order chi connectivity index (χ0) is 19.2. The van der Waals surface area contributed by atoms with E-state index in [1.807, 2.05) is 91.0 Å². The predicted octanol–water partition coefficient (Wildman–Crippen LogP) is 5.81. The molecule has 5 heteroatoms.